The molecule has 2 saturated heterocycles. The van der Waals surface area contributed by atoms with E-state index in [0.717, 1.165) is 19.5 Å². The number of nitrogens with zero attached hydrogens (tertiary/aromatic N) is 2. The third kappa shape index (κ3) is 2.86. The van der Waals surface area contributed by atoms with Crippen LogP contribution >= 0.6 is 15.9 Å². The predicted octanol–water partition coefficient (Wildman–Crippen LogP) is 3.29. The highest BCUT2D eigenvalue weighted by molar-refractivity contribution is 9.10. The summed E-state index contributed by atoms with van der Waals surface area (Å²) in [4.78, 5) is 17.1. The van der Waals surface area contributed by atoms with Gasteiger partial charge in [-0.1, -0.05) is 12.5 Å². The molecular formula is C16H20BrFN2O. The van der Waals surface area contributed by atoms with Gasteiger partial charge in [0.2, 0.25) is 0 Å². The van der Waals surface area contributed by atoms with E-state index in [0.29, 0.717) is 17.1 Å². The SMILES string of the molecule is CC1CN2CCCCC2CN1C(=O)c1c(F)cccc1Br. The summed E-state index contributed by atoms with van der Waals surface area (Å²) in [5.74, 6) is -0.648. The monoisotopic (exact) mass is 354 g/mol. The zero-order valence-corrected chi connectivity index (χ0v) is 13.8. The molecule has 0 saturated carbocycles. The highest BCUT2D eigenvalue weighted by Crippen LogP contribution is 2.28. The van der Waals surface area contributed by atoms with Crippen molar-refractivity contribution in [1.29, 1.82) is 0 Å². The van der Waals surface area contributed by atoms with E-state index in [1.54, 1.807) is 12.1 Å². The third-order valence-electron chi connectivity index (χ3n) is 4.62. The van der Waals surface area contributed by atoms with Gasteiger partial charge in [0.25, 0.3) is 5.91 Å². The van der Waals surface area contributed by atoms with Gasteiger partial charge in [0, 0.05) is 29.6 Å². The number of piperazine rings is 1. The average Bonchev–Trinajstić information content (AvgIpc) is 2.46. The molecule has 5 heteroatoms. The number of hydrogen-bond acceptors (Lipinski definition) is 2. The molecule has 0 bridgehead atoms. The maximum atomic E-state index is 14.0. The number of carbonyl (C=O) groups is 1. The van der Waals surface area contributed by atoms with Crippen molar-refractivity contribution in [1.82, 2.24) is 9.80 Å². The first kappa shape index (κ1) is 15.0. The summed E-state index contributed by atoms with van der Waals surface area (Å²) in [6.45, 7) is 4.78. The van der Waals surface area contributed by atoms with Crippen molar-refractivity contribution in [3.8, 4) is 0 Å². The van der Waals surface area contributed by atoms with Crippen molar-refractivity contribution in [3.63, 3.8) is 0 Å². The summed E-state index contributed by atoms with van der Waals surface area (Å²) < 4.78 is 14.6. The van der Waals surface area contributed by atoms with E-state index in [9.17, 15) is 9.18 Å². The lowest BCUT2D eigenvalue weighted by molar-refractivity contribution is 0.0148. The first-order valence-electron chi connectivity index (χ1n) is 7.57. The molecule has 2 aliphatic rings. The summed E-state index contributed by atoms with van der Waals surface area (Å²) in [7, 11) is 0. The van der Waals surface area contributed by atoms with Gasteiger partial charge in [0.1, 0.15) is 5.82 Å². The quantitative estimate of drug-likeness (QED) is 0.772. The minimum Gasteiger partial charge on any atom is -0.333 e. The fourth-order valence-electron chi connectivity index (χ4n) is 3.48. The van der Waals surface area contributed by atoms with Crippen LogP contribution in [0.15, 0.2) is 22.7 Å². The van der Waals surface area contributed by atoms with Crippen LogP contribution in [0.1, 0.15) is 36.5 Å². The Kier molecular flexibility index (Phi) is 4.31. The van der Waals surface area contributed by atoms with Crippen LogP contribution < -0.4 is 0 Å². The topological polar surface area (TPSA) is 23.6 Å². The van der Waals surface area contributed by atoms with Gasteiger partial charge in [-0.2, -0.15) is 0 Å². The van der Waals surface area contributed by atoms with Gasteiger partial charge < -0.3 is 4.90 Å². The number of piperidine rings is 1. The molecule has 0 aliphatic carbocycles. The lowest BCUT2D eigenvalue weighted by Crippen LogP contribution is -2.60. The second-order valence-electron chi connectivity index (χ2n) is 6.05. The maximum absolute atomic E-state index is 14.0. The molecule has 2 aliphatic heterocycles. The van der Waals surface area contributed by atoms with Crippen LogP contribution in [-0.4, -0.2) is 47.4 Å². The molecule has 3 rings (SSSR count). The summed E-state index contributed by atoms with van der Waals surface area (Å²) in [6, 6.07) is 5.23. The molecule has 0 N–H and O–H groups in total. The first-order valence-corrected chi connectivity index (χ1v) is 8.36. The minimum absolute atomic E-state index is 0.123. The van der Waals surface area contributed by atoms with E-state index in [2.05, 4.69) is 27.8 Å². The highest BCUT2D eigenvalue weighted by atomic mass is 79.9. The summed E-state index contributed by atoms with van der Waals surface area (Å²) >= 11 is 3.31. The number of rotatable bonds is 1. The molecule has 0 aromatic heterocycles. The van der Waals surface area contributed by atoms with E-state index in [4.69, 9.17) is 0 Å². The van der Waals surface area contributed by atoms with Crippen molar-refractivity contribution in [3.05, 3.63) is 34.1 Å². The standard InChI is InChI=1S/C16H20BrFN2O/c1-11-9-19-8-3-2-5-12(19)10-20(11)16(21)15-13(17)6-4-7-14(15)18/h4,6-7,11-12H,2-3,5,8-10H2,1H3. The summed E-state index contributed by atoms with van der Waals surface area (Å²) in [5, 5.41) is 0. The Balaban J connectivity index is 1.84. The molecule has 1 amide bonds. The molecular weight excluding hydrogens is 335 g/mol. The van der Waals surface area contributed by atoms with Crippen molar-refractivity contribution >= 4 is 21.8 Å². The zero-order valence-electron chi connectivity index (χ0n) is 12.2. The normalized spacial score (nSPS) is 26.5. The van der Waals surface area contributed by atoms with Crippen molar-refractivity contribution < 1.29 is 9.18 Å². The van der Waals surface area contributed by atoms with Crippen LogP contribution in [0.2, 0.25) is 0 Å². The molecule has 2 heterocycles. The van der Waals surface area contributed by atoms with Crippen molar-refractivity contribution in [2.45, 2.75) is 38.3 Å². The van der Waals surface area contributed by atoms with Gasteiger partial charge in [0.05, 0.1) is 5.56 Å². The third-order valence-corrected chi connectivity index (χ3v) is 5.29. The van der Waals surface area contributed by atoms with E-state index in [1.165, 1.54) is 18.9 Å². The maximum Gasteiger partial charge on any atom is 0.258 e. The largest absolute Gasteiger partial charge is 0.333 e. The second kappa shape index (κ2) is 6.05. The first-order chi connectivity index (χ1) is 10.1. The Hall–Kier alpha value is -0.940. The predicted molar refractivity (Wildman–Crippen MR) is 83.8 cm³/mol. The lowest BCUT2D eigenvalue weighted by Gasteiger charge is -2.47. The van der Waals surface area contributed by atoms with Gasteiger partial charge in [-0.15, -0.1) is 0 Å². The number of halogens is 2. The summed E-state index contributed by atoms with van der Waals surface area (Å²) in [6.07, 6.45) is 3.60. The van der Waals surface area contributed by atoms with Crippen molar-refractivity contribution in [2.75, 3.05) is 19.6 Å². The van der Waals surface area contributed by atoms with Crippen LogP contribution in [-0.2, 0) is 0 Å². The fraction of sp³-hybridized carbons (Fsp3) is 0.562. The van der Waals surface area contributed by atoms with Crippen molar-refractivity contribution in [2.24, 2.45) is 0 Å². The fourth-order valence-corrected chi connectivity index (χ4v) is 3.99. The van der Waals surface area contributed by atoms with E-state index in [-0.39, 0.29) is 17.5 Å². The molecule has 2 unspecified atom stereocenters. The van der Waals surface area contributed by atoms with Gasteiger partial charge in [-0.25, -0.2) is 4.39 Å². The lowest BCUT2D eigenvalue weighted by atomic mass is 9.96. The van der Waals surface area contributed by atoms with Gasteiger partial charge in [-0.3, -0.25) is 9.69 Å². The van der Waals surface area contributed by atoms with Crippen LogP contribution in [0.3, 0.4) is 0 Å². The average molecular weight is 355 g/mol. The summed E-state index contributed by atoms with van der Waals surface area (Å²) in [5.41, 5.74) is 0.161. The highest BCUT2D eigenvalue weighted by Gasteiger charge is 2.36. The molecule has 1 aromatic carbocycles. The number of hydrogen-bond donors (Lipinski definition) is 0. The Morgan fingerprint density at radius 3 is 2.90 bits per heavy atom. The van der Waals surface area contributed by atoms with Gasteiger partial charge >= 0.3 is 0 Å². The molecule has 1 aromatic rings. The Bertz CT molecular complexity index is 531. The molecule has 0 spiro atoms. The van der Waals surface area contributed by atoms with E-state index >= 15 is 0 Å². The van der Waals surface area contributed by atoms with Crippen LogP contribution in [0.25, 0.3) is 0 Å². The zero-order chi connectivity index (χ0) is 15.0. The molecule has 2 atom stereocenters. The Labute approximate surface area is 133 Å². The van der Waals surface area contributed by atoms with Crippen LogP contribution in [0.5, 0.6) is 0 Å². The molecule has 2 fully saturated rings. The minimum atomic E-state index is -0.451. The number of amides is 1. The number of benzene rings is 1. The van der Waals surface area contributed by atoms with Crippen LogP contribution in [0, 0.1) is 5.82 Å². The van der Waals surface area contributed by atoms with Gasteiger partial charge in [-0.05, 0) is 54.4 Å². The number of carbonyl (C=O) groups excluding carboxylic acids is 1. The molecule has 0 radical (unpaired) electrons. The molecule has 114 valence electrons. The van der Waals surface area contributed by atoms with E-state index in [1.807, 2.05) is 4.90 Å². The molecule has 21 heavy (non-hydrogen) atoms. The van der Waals surface area contributed by atoms with E-state index < -0.39 is 5.82 Å². The molecule has 3 nitrogen and oxygen atoms in total. The second-order valence-corrected chi connectivity index (χ2v) is 6.90. The smallest absolute Gasteiger partial charge is 0.258 e. The van der Waals surface area contributed by atoms with Gasteiger partial charge in [0.15, 0.2) is 0 Å². The Morgan fingerprint density at radius 2 is 2.14 bits per heavy atom. The Morgan fingerprint density at radius 1 is 1.33 bits per heavy atom. The van der Waals surface area contributed by atoms with Crippen LogP contribution in [0.4, 0.5) is 4.39 Å². The number of fused-ring (bicyclic) bond motifs is 1.